The summed E-state index contributed by atoms with van der Waals surface area (Å²) in [6.45, 7) is 3.48. The van der Waals surface area contributed by atoms with E-state index in [9.17, 15) is 4.79 Å². The van der Waals surface area contributed by atoms with Gasteiger partial charge in [0.1, 0.15) is 11.5 Å². The van der Waals surface area contributed by atoms with E-state index in [-0.39, 0.29) is 5.91 Å². The van der Waals surface area contributed by atoms with Gasteiger partial charge >= 0.3 is 0 Å². The van der Waals surface area contributed by atoms with E-state index in [0.717, 1.165) is 74.4 Å². The number of hydrogen-bond donors (Lipinski definition) is 0. The molecule has 126 valence electrons. The van der Waals surface area contributed by atoms with Gasteiger partial charge in [0.2, 0.25) is 0 Å². The van der Waals surface area contributed by atoms with Crippen molar-refractivity contribution in [2.45, 2.75) is 51.4 Å². The number of likely N-dealkylation sites (tertiary alicyclic amines) is 1. The van der Waals surface area contributed by atoms with Crippen molar-refractivity contribution in [1.82, 2.24) is 14.9 Å². The Labute approximate surface area is 142 Å². The summed E-state index contributed by atoms with van der Waals surface area (Å²) < 4.78 is 5.87. The van der Waals surface area contributed by atoms with Crippen molar-refractivity contribution in [2.24, 2.45) is 0 Å². The number of aryl methyl sites for hydroxylation is 2. The second-order valence-corrected chi connectivity index (χ2v) is 6.84. The largest absolute Gasteiger partial charge is 0.465 e. The second-order valence-electron chi connectivity index (χ2n) is 6.84. The van der Waals surface area contributed by atoms with Crippen LogP contribution in [0.5, 0.6) is 0 Å². The lowest BCUT2D eigenvalue weighted by Crippen LogP contribution is -2.38. The first-order valence-corrected chi connectivity index (χ1v) is 8.90. The standard InChI is InChI=1S/C19H23N3O2/c1-13-18(15-4-2-3-5-17(15)24-13)19(23)22-10-6-14(7-11-22)16-12-20-8-9-21-16/h8-9,12,14H,2-7,10-11H2,1H3. The van der Waals surface area contributed by atoms with E-state index in [0.29, 0.717) is 5.92 Å². The Morgan fingerprint density at radius 3 is 2.75 bits per heavy atom. The number of aromatic nitrogens is 2. The Balaban J connectivity index is 1.48. The van der Waals surface area contributed by atoms with Gasteiger partial charge < -0.3 is 9.32 Å². The number of nitrogens with zero attached hydrogens (tertiary/aromatic N) is 3. The molecule has 4 rings (SSSR count). The molecule has 3 heterocycles. The quantitative estimate of drug-likeness (QED) is 0.850. The fraction of sp³-hybridized carbons (Fsp3) is 0.526. The number of furan rings is 1. The predicted molar refractivity (Wildman–Crippen MR) is 90.0 cm³/mol. The van der Waals surface area contributed by atoms with E-state index in [1.165, 1.54) is 5.56 Å². The highest BCUT2D eigenvalue weighted by atomic mass is 16.3. The lowest BCUT2D eigenvalue weighted by Gasteiger charge is -2.31. The Hall–Kier alpha value is -2.17. The molecule has 1 saturated heterocycles. The first-order valence-electron chi connectivity index (χ1n) is 8.90. The third-order valence-corrected chi connectivity index (χ3v) is 5.34. The highest BCUT2D eigenvalue weighted by Gasteiger charge is 2.31. The minimum absolute atomic E-state index is 0.150. The zero-order chi connectivity index (χ0) is 16.5. The second kappa shape index (κ2) is 6.38. The van der Waals surface area contributed by atoms with Crippen LogP contribution in [0.4, 0.5) is 0 Å². The van der Waals surface area contributed by atoms with Gasteiger partial charge in [-0.1, -0.05) is 0 Å². The Morgan fingerprint density at radius 1 is 1.21 bits per heavy atom. The van der Waals surface area contributed by atoms with Crippen LogP contribution >= 0.6 is 0 Å². The van der Waals surface area contributed by atoms with E-state index < -0.39 is 0 Å². The maximum Gasteiger partial charge on any atom is 0.257 e. The minimum atomic E-state index is 0.150. The van der Waals surface area contributed by atoms with E-state index >= 15 is 0 Å². The van der Waals surface area contributed by atoms with E-state index in [1.807, 2.05) is 18.0 Å². The van der Waals surface area contributed by atoms with Gasteiger partial charge in [-0.2, -0.15) is 0 Å². The minimum Gasteiger partial charge on any atom is -0.465 e. The highest BCUT2D eigenvalue weighted by Crippen LogP contribution is 2.32. The molecule has 1 amide bonds. The summed E-state index contributed by atoms with van der Waals surface area (Å²) in [5.74, 6) is 2.39. The normalized spacial score (nSPS) is 18.5. The number of carbonyl (C=O) groups is 1. The van der Waals surface area contributed by atoms with Crippen LogP contribution in [0, 0.1) is 6.92 Å². The van der Waals surface area contributed by atoms with Crippen LogP contribution in [-0.4, -0.2) is 33.9 Å². The van der Waals surface area contributed by atoms with Crippen molar-refractivity contribution in [2.75, 3.05) is 13.1 Å². The molecule has 5 nitrogen and oxygen atoms in total. The van der Waals surface area contributed by atoms with Crippen molar-refractivity contribution >= 4 is 5.91 Å². The fourth-order valence-corrected chi connectivity index (χ4v) is 4.04. The van der Waals surface area contributed by atoms with Crippen LogP contribution < -0.4 is 0 Å². The van der Waals surface area contributed by atoms with Crippen LogP contribution in [0.2, 0.25) is 0 Å². The van der Waals surface area contributed by atoms with Gasteiger partial charge in [-0.15, -0.1) is 0 Å². The van der Waals surface area contributed by atoms with Crippen LogP contribution in [-0.2, 0) is 12.8 Å². The highest BCUT2D eigenvalue weighted by molar-refractivity contribution is 5.97. The van der Waals surface area contributed by atoms with Crippen LogP contribution in [0.3, 0.4) is 0 Å². The van der Waals surface area contributed by atoms with Gasteiger partial charge in [-0.05, 0) is 39.0 Å². The maximum absolute atomic E-state index is 13.0. The van der Waals surface area contributed by atoms with Crippen molar-refractivity contribution in [3.8, 4) is 0 Å². The first kappa shape index (κ1) is 15.4. The molecule has 2 aliphatic rings. The molecule has 1 fully saturated rings. The monoisotopic (exact) mass is 325 g/mol. The average molecular weight is 325 g/mol. The third-order valence-electron chi connectivity index (χ3n) is 5.34. The van der Waals surface area contributed by atoms with Crippen molar-refractivity contribution in [3.63, 3.8) is 0 Å². The molecule has 1 aliphatic carbocycles. The summed E-state index contributed by atoms with van der Waals surface area (Å²) in [7, 11) is 0. The van der Waals surface area contributed by atoms with E-state index in [2.05, 4.69) is 9.97 Å². The number of hydrogen-bond acceptors (Lipinski definition) is 4. The van der Waals surface area contributed by atoms with Gasteiger partial charge in [0, 0.05) is 49.6 Å². The smallest absolute Gasteiger partial charge is 0.257 e. The van der Waals surface area contributed by atoms with Gasteiger partial charge in [0.25, 0.3) is 5.91 Å². The van der Waals surface area contributed by atoms with Crippen LogP contribution in [0.15, 0.2) is 23.0 Å². The molecule has 0 spiro atoms. The molecule has 2 aromatic rings. The summed E-state index contributed by atoms with van der Waals surface area (Å²) in [4.78, 5) is 23.6. The molecule has 0 aromatic carbocycles. The molecular weight excluding hydrogens is 302 g/mol. The van der Waals surface area contributed by atoms with Crippen molar-refractivity contribution in [1.29, 1.82) is 0 Å². The molecule has 0 radical (unpaired) electrons. The lowest BCUT2D eigenvalue weighted by molar-refractivity contribution is 0.0709. The zero-order valence-corrected chi connectivity index (χ0v) is 14.1. The summed E-state index contributed by atoms with van der Waals surface area (Å²) in [5.41, 5.74) is 3.05. The molecule has 0 bridgehead atoms. The summed E-state index contributed by atoms with van der Waals surface area (Å²) in [5, 5.41) is 0. The molecular formula is C19H23N3O2. The van der Waals surface area contributed by atoms with Crippen molar-refractivity contribution < 1.29 is 9.21 Å². The molecule has 2 aromatic heterocycles. The topological polar surface area (TPSA) is 59.2 Å². The summed E-state index contributed by atoms with van der Waals surface area (Å²) in [6, 6.07) is 0. The van der Waals surface area contributed by atoms with Gasteiger partial charge in [-0.25, -0.2) is 0 Å². The lowest BCUT2D eigenvalue weighted by atomic mass is 9.91. The summed E-state index contributed by atoms with van der Waals surface area (Å²) >= 11 is 0. The first-order chi connectivity index (χ1) is 11.7. The van der Waals surface area contributed by atoms with Crippen LogP contribution in [0.1, 0.15) is 64.7 Å². The maximum atomic E-state index is 13.0. The third kappa shape index (κ3) is 2.72. The van der Waals surface area contributed by atoms with E-state index in [4.69, 9.17) is 4.42 Å². The Bertz CT molecular complexity index is 731. The zero-order valence-electron chi connectivity index (χ0n) is 14.1. The van der Waals surface area contributed by atoms with Gasteiger partial charge in [-0.3, -0.25) is 14.8 Å². The average Bonchev–Trinajstić information content (AvgIpc) is 2.98. The van der Waals surface area contributed by atoms with E-state index in [1.54, 1.807) is 12.4 Å². The summed E-state index contributed by atoms with van der Waals surface area (Å²) in [6.07, 6.45) is 11.5. The van der Waals surface area contributed by atoms with Crippen LogP contribution in [0.25, 0.3) is 0 Å². The SMILES string of the molecule is Cc1oc2c(c1C(=O)N1CCC(c3cnccn3)CC1)CCCC2. The molecule has 0 atom stereocenters. The fourth-order valence-electron chi connectivity index (χ4n) is 4.04. The Kier molecular flexibility index (Phi) is 4.08. The number of rotatable bonds is 2. The molecule has 0 unspecified atom stereocenters. The van der Waals surface area contributed by atoms with Gasteiger partial charge in [0.15, 0.2) is 0 Å². The molecule has 24 heavy (non-hydrogen) atoms. The molecule has 0 N–H and O–H groups in total. The van der Waals surface area contributed by atoms with Gasteiger partial charge in [0.05, 0.1) is 11.3 Å². The number of amides is 1. The number of carbonyl (C=O) groups excluding carboxylic acids is 1. The number of piperidine rings is 1. The number of fused-ring (bicyclic) bond motifs is 1. The molecule has 0 saturated carbocycles. The van der Waals surface area contributed by atoms with Crippen molar-refractivity contribution in [3.05, 3.63) is 46.9 Å². The predicted octanol–water partition coefficient (Wildman–Crippen LogP) is 3.28. The molecule has 5 heteroatoms. The molecule has 1 aliphatic heterocycles. The Morgan fingerprint density at radius 2 is 2.00 bits per heavy atom.